The van der Waals surface area contributed by atoms with Crippen LogP contribution in [-0.2, 0) is 33.3 Å². The van der Waals surface area contributed by atoms with Crippen LogP contribution in [0, 0.1) is 41.4 Å². The van der Waals surface area contributed by atoms with Crippen LogP contribution in [-0.4, -0.2) is 103 Å². The van der Waals surface area contributed by atoms with Crippen molar-refractivity contribution in [1.82, 2.24) is 5.32 Å². The van der Waals surface area contributed by atoms with Gasteiger partial charge in [0, 0.05) is 35.8 Å². The molecule has 2 spiro atoms. The van der Waals surface area contributed by atoms with E-state index in [0.717, 1.165) is 31.4 Å². The van der Waals surface area contributed by atoms with E-state index in [4.69, 9.17) is 35.9 Å². The predicted molar refractivity (Wildman–Crippen MR) is 240 cm³/mol. The molecule has 0 aromatic carbocycles. The molecule has 0 aliphatic carbocycles. The van der Waals surface area contributed by atoms with E-state index >= 15 is 0 Å². The minimum absolute atomic E-state index is 0.0290. The quantitative estimate of drug-likeness (QED) is 0.0666. The standard InChI is InChI=1S/C47H79NO10S2/c1-12-16-25-60-43(59)48-36-19-22-46(58-47(36)24-23-44(11,57-47)37-20-21-45(53,15-4)32(10)54-37)29(7)26-28(6)41(56-46)34(14-3)39(50)30(8)38(49)31(9)40-27(5)17-18-35(55-40)33(13-2)42(51)52/h19,22,27-38,40-41,49,53H,12-18,20-21,23-26H2,1-11H3,(H,48,59)(H,51,52)/t27-,28-,29+,30-,31-,32-,33+,34?,35+,36+,37+,38+,40+,41-,44-,45+,46-,47-/m0/s1. The number of aliphatic hydroxyl groups is 2. The second-order valence-corrected chi connectivity index (χ2v) is 21.4. The molecule has 13 heteroatoms. The van der Waals surface area contributed by atoms with E-state index in [9.17, 15) is 24.9 Å². The summed E-state index contributed by atoms with van der Waals surface area (Å²) in [6, 6.07) is -0.402. The van der Waals surface area contributed by atoms with Crippen LogP contribution in [0.3, 0.4) is 0 Å². The van der Waals surface area contributed by atoms with Gasteiger partial charge < -0.3 is 44.3 Å². The summed E-state index contributed by atoms with van der Waals surface area (Å²) < 4.78 is 35.5. The number of hydrogen-bond donors (Lipinski definition) is 4. The molecule has 4 saturated heterocycles. The Balaban J connectivity index is 1.38. The molecule has 0 amide bonds. The van der Waals surface area contributed by atoms with E-state index in [1.54, 1.807) is 11.8 Å². The van der Waals surface area contributed by atoms with Gasteiger partial charge in [0.05, 0.1) is 53.7 Å². The Morgan fingerprint density at radius 3 is 2.25 bits per heavy atom. The van der Waals surface area contributed by atoms with Gasteiger partial charge in [0.1, 0.15) is 16.1 Å². The van der Waals surface area contributed by atoms with E-state index in [0.29, 0.717) is 55.7 Å². The molecule has 0 aromatic heterocycles. The summed E-state index contributed by atoms with van der Waals surface area (Å²) in [4.78, 5) is 26.7. The normalized spacial score (nSPS) is 42.0. The van der Waals surface area contributed by atoms with E-state index in [1.165, 1.54) is 0 Å². The number of rotatable bonds is 16. The number of unbranched alkanes of at least 4 members (excludes halogenated alkanes) is 1. The van der Waals surface area contributed by atoms with Crippen molar-refractivity contribution in [2.75, 3.05) is 5.75 Å². The topological polar surface area (TPSA) is 153 Å². The lowest BCUT2D eigenvalue weighted by Crippen LogP contribution is -2.65. The van der Waals surface area contributed by atoms with Crippen LogP contribution in [0.4, 0.5) is 0 Å². The summed E-state index contributed by atoms with van der Waals surface area (Å²) in [6.07, 6.45) is 9.72. The number of carboxylic acid groups (broad SMARTS) is 1. The molecule has 0 saturated carbocycles. The van der Waals surface area contributed by atoms with Crippen molar-refractivity contribution >= 4 is 40.1 Å². The van der Waals surface area contributed by atoms with Crippen molar-refractivity contribution in [3.05, 3.63) is 12.2 Å². The van der Waals surface area contributed by atoms with Crippen molar-refractivity contribution in [3.63, 3.8) is 0 Å². The number of carboxylic acids is 1. The Hall–Kier alpha value is -1.16. The zero-order valence-corrected chi connectivity index (χ0v) is 40.1. The molecule has 344 valence electrons. The van der Waals surface area contributed by atoms with Gasteiger partial charge in [-0.1, -0.05) is 98.8 Å². The average Bonchev–Trinajstić information content (AvgIpc) is 3.55. The molecule has 11 nitrogen and oxygen atoms in total. The zero-order chi connectivity index (χ0) is 44.4. The second-order valence-electron chi connectivity index (χ2n) is 19.6. The number of aliphatic carboxylic acids is 1. The minimum atomic E-state index is -1.19. The van der Waals surface area contributed by atoms with Crippen molar-refractivity contribution < 1.29 is 48.6 Å². The smallest absolute Gasteiger partial charge is 0.309 e. The molecule has 5 aliphatic heterocycles. The molecule has 5 rings (SSSR count). The predicted octanol–water partition coefficient (Wildman–Crippen LogP) is 8.60. The molecule has 5 aliphatic rings. The first-order valence-electron chi connectivity index (χ1n) is 23.4. The summed E-state index contributed by atoms with van der Waals surface area (Å²) in [6.45, 7) is 22.2. The van der Waals surface area contributed by atoms with E-state index in [1.807, 2.05) is 47.6 Å². The summed E-state index contributed by atoms with van der Waals surface area (Å²) in [5, 5.41) is 36.5. The Morgan fingerprint density at radius 1 is 0.933 bits per heavy atom. The molecule has 0 radical (unpaired) electrons. The highest BCUT2D eigenvalue weighted by molar-refractivity contribution is 8.22. The second kappa shape index (κ2) is 20.3. The van der Waals surface area contributed by atoms with Gasteiger partial charge in [-0.25, -0.2) is 0 Å². The number of ketones is 1. The summed E-state index contributed by atoms with van der Waals surface area (Å²) >= 11 is 7.49. The molecule has 0 bridgehead atoms. The number of carbonyl (C=O) groups is 2. The highest BCUT2D eigenvalue weighted by Gasteiger charge is 2.63. The molecule has 1 unspecified atom stereocenters. The maximum absolute atomic E-state index is 14.7. The SMILES string of the molecule is CCCCSC(=S)N[C@@H]1C=C[C@]2(O[C@H](C(CC)C(=O)[C@@H](C)[C@@H](O)[C@H](C)[C@@H]3O[C@@H]([C@@H](CC)C(=O)O)CC[C@@H]3C)[C@@H](C)C[C@H]2C)O[C@@]12CC[C@@](C)([C@H]1CC[C@](O)(CC)[C@H](C)O1)O2. The van der Waals surface area contributed by atoms with Crippen LogP contribution in [0.15, 0.2) is 12.2 Å². The van der Waals surface area contributed by atoms with Gasteiger partial charge in [0.2, 0.25) is 0 Å². The van der Waals surface area contributed by atoms with Crippen molar-refractivity contribution in [3.8, 4) is 0 Å². The number of ether oxygens (including phenoxy) is 5. The van der Waals surface area contributed by atoms with E-state index in [2.05, 4.69) is 46.0 Å². The van der Waals surface area contributed by atoms with Crippen LogP contribution in [0.1, 0.15) is 153 Å². The number of aliphatic hydroxyl groups excluding tert-OH is 1. The van der Waals surface area contributed by atoms with Crippen LogP contribution in [0.5, 0.6) is 0 Å². The number of thioether (sulfide) groups is 1. The third-order valence-electron chi connectivity index (χ3n) is 15.5. The van der Waals surface area contributed by atoms with Gasteiger partial charge in [0.15, 0.2) is 11.6 Å². The molecule has 4 fully saturated rings. The molecule has 0 aromatic rings. The third kappa shape index (κ3) is 10.2. The first-order chi connectivity index (χ1) is 28.2. The fraction of sp³-hybridized carbons (Fsp3) is 0.894. The van der Waals surface area contributed by atoms with Gasteiger partial charge in [-0.2, -0.15) is 0 Å². The highest BCUT2D eigenvalue weighted by atomic mass is 32.2. The Bertz CT molecular complexity index is 1520. The molecule has 5 heterocycles. The van der Waals surface area contributed by atoms with Gasteiger partial charge in [0.25, 0.3) is 0 Å². The third-order valence-corrected chi connectivity index (χ3v) is 16.8. The zero-order valence-electron chi connectivity index (χ0n) is 38.4. The van der Waals surface area contributed by atoms with E-state index < -0.39 is 70.9 Å². The fourth-order valence-corrected chi connectivity index (χ4v) is 12.4. The largest absolute Gasteiger partial charge is 0.481 e. The lowest BCUT2D eigenvalue weighted by Gasteiger charge is -2.55. The Kier molecular flexibility index (Phi) is 16.9. The van der Waals surface area contributed by atoms with Crippen molar-refractivity contribution in [2.45, 2.75) is 219 Å². The summed E-state index contributed by atoms with van der Waals surface area (Å²) in [5.74, 6) is -4.48. The lowest BCUT2D eigenvalue weighted by atomic mass is 9.72. The molecule has 18 atom stereocenters. The Morgan fingerprint density at radius 2 is 1.63 bits per heavy atom. The van der Waals surface area contributed by atoms with Gasteiger partial charge in [-0.05, 0) is 96.0 Å². The molecular weight excluding hydrogens is 803 g/mol. The van der Waals surface area contributed by atoms with Gasteiger partial charge >= 0.3 is 5.97 Å². The molecular formula is C47H79NO10S2. The summed E-state index contributed by atoms with van der Waals surface area (Å²) in [7, 11) is 0. The van der Waals surface area contributed by atoms with Gasteiger partial charge in [-0.15, -0.1) is 0 Å². The Labute approximate surface area is 370 Å². The number of hydrogen-bond acceptors (Lipinski definition) is 11. The number of carbonyl (C=O) groups excluding carboxylic acids is 1. The van der Waals surface area contributed by atoms with Crippen LogP contribution < -0.4 is 5.32 Å². The highest BCUT2D eigenvalue weighted by Crippen LogP contribution is 2.54. The van der Waals surface area contributed by atoms with Crippen LogP contribution in [0.25, 0.3) is 0 Å². The monoisotopic (exact) mass is 882 g/mol. The van der Waals surface area contributed by atoms with Crippen molar-refractivity contribution in [2.24, 2.45) is 41.4 Å². The van der Waals surface area contributed by atoms with Crippen LogP contribution >= 0.6 is 24.0 Å². The van der Waals surface area contributed by atoms with Gasteiger partial charge in [-0.3, -0.25) is 9.59 Å². The molecule has 4 N–H and O–H groups in total. The van der Waals surface area contributed by atoms with Crippen LogP contribution in [0.2, 0.25) is 0 Å². The van der Waals surface area contributed by atoms with Crippen molar-refractivity contribution in [1.29, 1.82) is 0 Å². The number of Topliss-reactive ketones (excluding diaryl/α,β-unsaturated/α-hetero) is 1. The maximum Gasteiger partial charge on any atom is 0.309 e. The summed E-state index contributed by atoms with van der Waals surface area (Å²) in [5.41, 5.74) is -1.57. The minimum Gasteiger partial charge on any atom is -0.481 e. The molecule has 60 heavy (non-hydrogen) atoms. The lowest BCUT2D eigenvalue weighted by molar-refractivity contribution is -0.397. The number of thiocarbonyl (C=S) groups is 1. The van der Waals surface area contributed by atoms with E-state index in [-0.39, 0.29) is 47.8 Å². The average molecular weight is 882 g/mol. The maximum atomic E-state index is 14.7. The first-order valence-corrected chi connectivity index (χ1v) is 24.8. The fourth-order valence-electron chi connectivity index (χ4n) is 11.1. The number of nitrogens with one attached hydrogen (secondary N) is 1. The first kappa shape index (κ1) is 49.8.